The van der Waals surface area contributed by atoms with Crippen molar-refractivity contribution in [3.63, 3.8) is 0 Å². The number of amides is 1. The van der Waals surface area contributed by atoms with Gasteiger partial charge >= 0.3 is 0 Å². The van der Waals surface area contributed by atoms with Crippen LogP contribution in [-0.2, 0) is 4.74 Å². The van der Waals surface area contributed by atoms with Crippen LogP contribution in [0.2, 0.25) is 0 Å². The molecule has 0 saturated carbocycles. The summed E-state index contributed by atoms with van der Waals surface area (Å²) < 4.78 is 16.7. The third kappa shape index (κ3) is 3.85. The molecule has 1 fully saturated rings. The Labute approximate surface area is 161 Å². The summed E-state index contributed by atoms with van der Waals surface area (Å²) in [4.78, 5) is 27.2. The van der Waals surface area contributed by atoms with Gasteiger partial charge in [0, 0.05) is 25.7 Å². The Morgan fingerprint density at radius 3 is 2.79 bits per heavy atom. The Balaban J connectivity index is 1.53. The second-order valence-corrected chi connectivity index (χ2v) is 6.86. The van der Waals surface area contributed by atoms with Crippen LogP contribution in [0.5, 0.6) is 0 Å². The molecule has 1 N–H and O–H groups in total. The number of ether oxygens (including phenoxy) is 1. The minimum absolute atomic E-state index is 0.00303. The van der Waals surface area contributed by atoms with Crippen LogP contribution < -0.4 is 10.7 Å². The van der Waals surface area contributed by atoms with Crippen molar-refractivity contribution >= 4 is 16.9 Å². The number of benzene rings is 1. The molecule has 7 heteroatoms. The summed E-state index contributed by atoms with van der Waals surface area (Å²) in [5, 5.41) is 3.34. The molecule has 7 nitrogen and oxygen atoms in total. The fourth-order valence-electron chi connectivity index (χ4n) is 3.43. The van der Waals surface area contributed by atoms with Crippen LogP contribution in [-0.4, -0.2) is 43.7 Å². The fraction of sp³-hybridized carbons (Fsp3) is 0.333. The number of rotatable bonds is 5. The summed E-state index contributed by atoms with van der Waals surface area (Å²) >= 11 is 0. The topological polar surface area (TPSA) is 84.9 Å². The summed E-state index contributed by atoms with van der Waals surface area (Å²) in [6.07, 6.45) is 1.62. The molecule has 1 aliphatic rings. The zero-order valence-electron chi connectivity index (χ0n) is 15.6. The lowest BCUT2D eigenvalue weighted by molar-refractivity contribution is 0.0117. The van der Waals surface area contributed by atoms with Crippen LogP contribution in [0.25, 0.3) is 11.0 Å². The van der Waals surface area contributed by atoms with Gasteiger partial charge < -0.3 is 18.9 Å². The first kappa shape index (κ1) is 18.5. The van der Waals surface area contributed by atoms with Crippen LogP contribution in [0.15, 0.2) is 56.3 Å². The molecule has 0 bridgehead atoms. The number of nitrogens with zero attached hydrogens (tertiary/aromatic N) is 1. The zero-order valence-corrected chi connectivity index (χ0v) is 15.6. The Morgan fingerprint density at radius 1 is 1.21 bits per heavy atom. The summed E-state index contributed by atoms with van der Waals surface area (Å²) in [7, 11) is 0. The third-order valence-electron chi connectivity index (χ3n) is 4.92. The Bertz CT molecular complexity index is 1020. The predicted octanol–water partition coefficient (Wildman–Crippen LogP) is 2.50. The Kier molecular flexibility index (Phi) is 5.27. The number of morpholine rings is 1. The summed E-state index contributed by atoms with van der Waals surface area (Å²) in [5.41, 5.74) is 1.13. The van der Waals surface area contributed by atoms with Gasteiger partial charge in [0.05, 0.1) is 30.9 Å². The first-order valence-electron chi connectivity index (χ1n) is 9.30. The van der Waals surface area contributed by atoms with Gasteiger partial charge in [0.15, 0.2) is 11.2 Å². The van der Waals surface area contributed by atoms with E-state index in [4.69, 9.17) is 13.6 Å². The molecule has 2 aromatic heterocycles. The van der Waals surface area contributed by atoms with E-state index in [0.717, 1.165) is 24.4 Å². The number of furan rings is 1. The molecule has 4 rings (SSSR count). The zero-order chi connectivity index (χ0) is 19.5. The van der Waals surface area contributed by atoms with Crippen molar-refractivity contribution in [1.29, 1.82) is 0 Å². The highest BCUT2D eigenvalue weighted by molar-refractivity contribution is 5.93. The number of fused-ring (bicyclic) bond motifs is 1. The lowest BCUT2D eigenvalue weighted by atomic mass is 10.1. The molecule has 1 aliphatic heterocycles. The van der Waals surface area contributed by atoms with Gasteiger partial charge in [-0.3, -0.25) is 14.5 Å². The maximum Gasteiger partial charge on any atom is 0.287 e. The van der Waals surface area contributed by atoms with Gasteiger partial charge in [-0.1, -0.05) is 6.07 Å². The average molecular weight is 382 g/mol. The van der Waals surface area contributed by atoms with Crippen molar-refractivity contribution in [2.24, 2.45) is 0 Å². The second kappa shape index (κ2) is 8.00. The number of hydrogen-bond donors (Lipinski definition) is 1. The quantitative estimate of drug-likeness (QED) is 0.730. The Hall–Kier alpha value is -2.90. The molecule has 28 heavy (non-hydrogen) atoms. The third-order valence-corrected chi connectivity index (χ3v) is 4.92. The van der Waals surface area contributed by atoms with Crippen LogP contribution in [0.1, 0.15) is 27.9 Å². The minimum atomic E-state index is -0.426. The molecule has 3 heterocycles. The summed E-state index contributed by atoms with van der Waals surface area (Å²) in [6.45, 7) is 5.04. The molecule has 146 valence electrons. The molecular weight excluding hydrogens is 360 g/mol. The highest BCUT2D eigenvalue weighted by Crippen LogP contribution is 2.22. The number of nitrogens with one attached hydrogen (secondary N) is 1. The van der Waals surface area contributed by atoms with E-state index >= 15 is 0 Å². The van der Waals surface area contributed by atoms with Crippen LogP contribution in [0.3, 0.4) is 0 Å². The van der Waals surface area contributed by atoms with E-state index < -0.39 is 5.91 Å². The van der Waals surface area contributed by atoms with E-state index in [-0.39, 0.29) is 17.2 Å². The summed E-state index contributed by atoms with van der Waals surface area (Å²) in [6, 6.07) is 10.2. The van der Waals surface area contributed by atoms with Crippen LogP contribution >= 0.6 is 0 Å². The minimum Gasteiger partial charge on any atom is -0.468 e. The van der Waals surface area contributed by atoms with E-state index in [1.165, 1.54) is 6.07 Å². The SMILES string of the molecule is Cc1ccc2c(=O)cc(C(=O)NCC(c3ccco3)N3CCOCC3)oc2c1. The van der Waals surface area contributed by atoms with Gasteiger partial charge in [-0.15, -0.1) is 0 Å². The molecule has 1 atom stereocenters. The highest BCUT2D eigenvalue weighted by Gasteiger charge is 2.26. The molecule has 0 aliphatic carbocycles. The molecule has 0 spiro atoms. The Morgan fingerprint density at radius 2 is 2.04 bits per heavy atom. The normalized spacial score (nSPS) is 16.2. The van der Waals surface area contributed by atoms with Crippen LogP contribution in [0.4, 0.5) is 0 Å². The second-order valence-electron chi connectivity index (χ2n) is 6.86. The molecule has 1 aromatic carbocycles. The van der Waals surface area contributed by atoms with E-state index in [1.54, 1.807) is 18.4 Å². The van der Waals surface area contributed by atoms with E-state index in [1.807, 2.05) is 25.1 Å². The maximum absolute atomic E-state index is 12.7. The molecule has 3 aromatic rings. The van der Waals surface area contributed by atoms with Gasteiger partial charge in [-0.2, -0.15) is 0 Å². The van der Waals surface area contributed by atoms with Crippen molar-refractivity contribution in [3.8, 4) is 0 Å². The lowest BCUT2D eigenvalue weighted by Gasteiger charge is -2.33. The summed E-state index contributed by atoms with van der Waals surface area (Å²) in [5.74, 6) is 0.353. The molecule has 0 radical (unpaired) electrons. The van der Waals surface area contributed by atoms with Crippen molar-refractivity contribution in [1.82, 2.24) is 10.2 Å². The monoisotopic (exact) mass is 382 g/mol. The molecule has 1 amide bonds. The van der Waals surface area contributed by atoms with E-state index in [0.29, 0.717) is 30.7 Å². The lowest BCUT2D eigenvalue weighted by Crippen LogP contribution is -2.43. The first-order chi connectivity index (χ1) is 13.6. The van der Waals surface area contributed by atoms with E-state index in [9.17, 15) is 9.59 Å². The number of carbonyl (C=O) groups is 1. The number of hydrogen-bond acceptors (Lipinski definition) is 6. The van der Waals surface area contributed by atoms with Crippen LogP contribution in [0, 0.1) is 6.92 Å². The van der Waals surface area contributed by atoms with Gasteiger partial charge in [-0.25, -0.2) is 0 Å². The van der Waals surface area contributed by atoms with Gasteiger partial charge in [0.25, 0.3) is 5.91 Å². The van der Waals surface area contributed by atoms with E-state index in [2.05, 4.69) is 10.2 Å². The first-order valence-corrected chi connectivity index (χ1v) is 9.30. The number of aryl methyl sites for hydroxylation is 1. The van der Waals surface area contributed by atoms with Gasteiger partial charge in [0.2, 0.25) is 0 Å². The highest BCUT2D eigenvalue weighted by atomic mass is 16.5. The van der Waals surface area contributed by atoms with Crippen molar-refractivity contribution in [3.05, 3.63) is 70.0 Å². The largest absolute Gasteiger partial charge is 0.468 e. The fourth-order valence-corrected chi connectivity index (χ4v) is 3.43. The van der Waals surface area contributed by atoms with Gasteiger partial charge in [0.1, 0.15) is 11.3 Å². The van der Waals surface area contributed by atoms with Crippen molar-refractivity contribution in [2.75, 3.05) is 32.8 Å². The van der Waals surface area contributed by atoms with Gasteiger partial charge in [-0.05, 0) is 36.8 Å². The number of carbonyl (C=O) groups excluding carboxylic acids is 1. The smallest absolute Gasteiger partial charge is 0.287 e. The molecule has 1 saturated heterocycles. The van der Waals surface area contributed by atoms with Crippen molar-refractivity contribution in [2.45, 2.75) is 13.0 Å². The average Bonchev–Trinajstić information content (AvgIpc) is 3.23. The standard InChI is InChI=1S/C21H22N2O5/c1-14-4-5-15-17(24)12-20(28-19(15)11-14)21(25)22-13-16(18-3-2-8-27-18)23-6-9-26-10-7-23/h2-5,8,11-12,16H,6-7,9-10,13H2,1H3,(H,22,25). The predicted molar refractivity (Wildman–Crippen MR) is 103 cm³/mol. The van der Waals surface area contributed by atoms with Crippen molar-refractivity contribution < 1.29 is 18.4 Å². The maximum atomic E-state index is 12.7. The molecule has 1 unspecified atom stereocenters. The molecular formula is C21H22N2O5.